The molecule has 2 aromatic carbocycles. The molecule has 8 heteroatoms. The van der Waals surface area contributed by atoms with E-state index in [-0.39, 0.29) is 30.2 Å². The number of hydrogen-bond acceptors (Lipinski definition) is 5. The molecule has 1 aliphatic heterocycles. The number of benzene rings is 2. The van der Waals surface area contributed by atoms with Gasteiger partial charge in [-0.15, -0.1) is 0 Å². The topological polar surface area (TPSA) is 88.2 Å². The third kappa shape index (κ3) is 5.38. The number of piperazine rings is 1. The van der Waals surface area contributed by atoms with Crippen molar-refractivity contribution in [1.29, 1.82) is 0 Å². The van der Waals surface area contributed by atoms with Gasteiger partial charge >= 0.3 is 0 Å². The third-order valence-electron chi connectivity index (χ3n) is 5.67. The van der Waals surface area contributed by atoms with E-state index in [0.29, 0.717) is 48.9 Å². The fourth-order valence-corrected chi connectivity index (χ4v) is 3.56. The summed E-state index contributed by atoms with van der Waals surface area (Å²) in [5.41, 5.74) is 1.26. The highest BCUT2D eigenvalue weighted by Crippen LogP contribution is 2.30. The average molecular weight is 437 g/mol. The third-order valence-corrected chi connectivity index (χ3v) is 5.67. The molecule has 2 aromatic rings. The second kappa shape index (κ2) is 9.72. The first-order valence-corrected chi connectivity index (χ1v) is 10.8. The second-order valence-corrected chi connectivity index (χ2v) is 7.98. The smallest absolute Gasteiger partial charge is 0.260 e. The van der Waals surface area contributed by atoms with Gasteiger partial charge < -0.3 is 24.6 Å². The van der Waals surface area contributed by atoms with E-state index in [9.17, 15) is 14.4 Å². The van der Waals surface area contributed by atoms with Crippen LogP contribution in [0, 0.1) is 5.92 Å². The number of anilines is 1. The van der Waals surface area contributed by atoms with E-state index >= 15 is 0 Å². The van der Waals surface area contributed by atoms with Gasteiger partial charge in [0.1, 0.15) is 11.5 Å². The molecule has 2 fully saturated rings. The first kappa shape index (κ1) is 21.7. The molecule has 1 N–H and O–H groups in total. The Labute approximate surface area is 187 Å². The minimum Gasteiger partial charge on any atom is -0.497 e. The predicted octanol–water partition coefficient (Wildman–Crippen LogP) is 2.41. The minimum atomic E-state index is -0.131. The van der Waals surface area contributed by atoms with Crippen LogP contribution in [0.4, 0.5) is 5.69 Å². The maximum absolute atomic E-state index is 12.7. The molecule has 0 aromatic heterocycles. The molecule has 0 bridgehead atoms. The van der Waals surface area contributed by atoms with Crippen LogP contribution in [0.15, 0.2) is 48.5 Å². The highest BCUT2D eigenvalue weighted by molar-refractivity contribution is 5.95. The van der Waals surface area contributed by atoms with Crippen LogP contribution >= 0.6 is 0 Å². The van der Waals surface area contributed by atoms with Crippen LogP contribution in [0.2, 0.25) is 0 Å². The Morgan fingerprint density at radius 3 is 2.28 bits per heavy atom. The second-order valence-electron chi connectivity index (χ2n) is 7.98. The number of amides is 3. The van der Waals surface area contributed by atoms with Crippen LogP contribution < -0.4 is 14.8 Å². The van der Waals surface area contributed by atoms with Crippen molar-refractivity contribution in [3.63, 3.8) is 0 Å². The Bertz CT molecular complexity index is 979. The Hall–Kier alpha value is -3.55. The lowest BCUT2D eigenvalue weighted by Gasteiger charge is -2.34. The molecule has 1 saturated carbocycles. The van der Waals surface area contributed by atoms with Crippen molar-refractivity contribution in [3.8, 4) is 11.5 Å². The average Bonchev–Trinajstić information content (AvgIpc) is 3.68. The predicted molar refractivity (Wildman–Crippen MR) is 119 cm³/mol. The molecule has 168 valence electrons. The number of hydrogen-bond donors (Lipinski definition) is 1. The Kier molecular flexibility index (Phi) is 6.58. The normalized spacial score (nSPS) is 15.8. The van der Waals surface area contributed by atoms with Crippen LogP contribution in [0.1, 0.15) is 23.2 Å². The van der Waals surface area contributed by atoms with E-state index in [4.69, 9.17) is 9.47 Å². The van der Waals surface area contributed by atoms with E-state index in [0.717, 1.165) is 12.8 Å². The van der Waals surface area contributed by atoms with Gasteiger partial charge in [-0.1, -0.05) is 6.07 Å². The number of carbonyl (C=O) groups is 3. The molecule has 32 heavy (non-hydrogen) atoms. The number of carbonyl (C=O) groups excluding carboxylic acids is 3. The van der Waals surface area contributed by atoms with Crippen molar-refractivity contribution in [2.75, 3.05) is 45.2 Å². The van der Waals surface area contributed by atoms with Crippen molar-refractivity contribution >= 4 is 23.4 Å². The molecule has 0 unspecified atom stereocenters. The Morgan fingerprint density at radius 1 is 0.938 bits per heavy atom. The van der Waals surface area contributed by atoms with Crippen LogP contribution in [0.3, 0.4) is 0 Å². The maximum atomic E-state index is 12.7. The standard InChI is InChI=1S/C24H27N3O5/c1-31-20-9-7-18(8-10-20)24(30)27-13-11-26(12-14-27)22(28)16-32-21-4-2-3-19(15-21)25-23(29)17-5-6-17/h2-4,7-10,15,17H,5-6,11-14,16H2,1H3,(H,25,29). The zero-order valence-electron chi connectivity index (χ0n) is 18.1. The lowest BCUT2D eigenvalue weighted by atomic mass is 10.1. The summed E-state index contributed by atoms with van der Waals surface area (Å²) in [6.45, 7) is 1.77. The highest BCUT2D eigenvalue weighted by Gasteiger charge is 2.29. The number of nitrogens with zero attached hydrogens (tertiary/aromatic N) is 2. The van der Waals surface area contributed by atoms with Crippen molar-refractivity contribution < 1.29 is 23.9 Å². The molecular weight excluding hydrogens is 410 g/mol. The number of ether oxygens (including phenoxy) is 2. The van der Waals surface area contributed by atoms with Gasteiger partial charge in [-0.05, 0) is 49.2 Å². The number of methoxy groups -OCH3 is 1. The van der Waals surface area contributed by atoms with Crippen LogP contribution in [-0.2, 0) is 9.59 Å². The molecule has 0 atom stereocenters. The van der Waals surface area contributed by atoms with Gasteiger partial charge in [-0.3, -0.25) is 14.4 Å². The van der Waals surface area contributed by atoms with Crippen molar-refractivity contribution in [1.82, 2.24) is 9.80 Å². The Morgan fingerprint density at radius 2 is 1.62 bits per heavy atom. The van der Waals surface area contributed by atoms with Gasteiger partial charge in [0.15, 0.2) is 6.61 Å². The molecular formula is C24H27N3O5. The first-order chi connectivity index (χ1) is 15.5. The van der Waals surface area contributed by atoms with Gasteiger partial charge in [0.2, 0.25) is 5.91 Å². The van der Waals surface area contributed by atoms with Crippen LogP contribution in [0.5, 0.6) is 11.5 Å². The molecule has 0 radical (unpaired) electrons. The summed E-state index contributed by atoms with van der Waals surface area (Å²) in [5.74, 6) is 1.19. The minimum absolute atomic E-state index is 0.0280. The zero-order chi connectivity index (χ0) is 22.5. The molecule has 1 saturated heterocycles. The summed E-state index contributed by atoms with van der Waals surface area (Å²) >= 11 is 0. The summed E-state index contributed by atoms with van der Waals surface area (Å²) in [6.07, 6.45) is 1.88. The summed E-state index contributed by atoms with van der Waals surface area (Å²) in [5, 5.41) is 2.87. The quantitative estimate of drug-likeness (QED) is 0.719. The maximum Gasteiger partial charge on any atom is 0.260 e. The van der Waals surface area contributed by atoms with Gasteiger partial charge in [-0.2, -0.15) is 0 Å². The highest BCUT2D eigenvalue weighted by atomic mass is 16.5. The van der Waals surface area contributed by atoms with Crippen LogP contribution in [0.25, 0.3) is 0 Å². The van der Waals surface area contributed by atoms with Gasteiger partial charge in [0.25, 0.3) is 11.8 Å². The fraction of sp³-hybridized carbons (Fsp3) is 0.375. The van der Waals surface area contributed by atoms with E-state index < -0.39 is 0 Å². The fourth-order valence-electron chi connectivity index (χ4n) is 3.56. The summed E-state index contributed by atoms with van der Waals surface area (Å²) in [6, 6.07) is 14.1. The molecule has 1 heterocycles. The summed E-state index contributed by atoms with van der Waals surface area (Å²) in [4.78, 5) is 40.6. The molecule has 3 amide bonds. The SMILES string of the molecule is COc1ccc(C(=O)N2CCN(C(=O)COc3cccc(NC(=O)C4CC4)c3)CC2)cc1. The molecule has 1 aliphatic carbocycles. The van der Waals surface area contributed by atoms with E-state index in [1.165, 1.54) is 0 Å². The summed E-state index contributed by atoms with van der Waals surface area (Å²) < 4.78 is 10.8. The van der Waals surface area contributed by atoms with Crippen LogP contribution in [-0.4, -0.2) is 67.4 Å². The molecule has 8 nitrogen and oxygen atoms in total. The Balaban J connectivity index is 1.24. The number of rotatable bonds is 7. The van der Waals surface area contributed by atoms with E-state index in [1.807, 2.05) is 0 Å². The van der Waals surface area contributed by atoms with Crippen molar-refractivity contribution in [3.05, 3.63) is 54.1 Å². The molecule has 2 aliphatic rings. The summed E-state index contributed by atoms with van der Waals surface area (Å²) in [7, 11) is 1.58. The first-order valence-electron chi connectivity index (χ1n) is 10.8. The van der Waals surface area contributed by atoms with E-state index in [2.05, 4.69) is 5.32 Å². The van der Waals surface area contributed by atoms with Gasteiger partial charge in [0.05, 0.1) is 7.11 Å². The largest absolute Gasteiger partial charge is 0.497 e. The lowest BCUT2D eigenvalue weighted by molar-refractivity contribution is -0.134. The number of nitrogens with one attached hydrogen (secondary N) is 1. The molecule has 0 spiro atoms. The van der Waals surface area contributed by atoms with Crippen molar-refractivity contribution in [2.24, 2.45) is 5.92 Å². The monoisotopic (exact) mass is 437 g/mol. The van der Waals surface area contributed by atoms with E-state index in [1.54, 1.807) is 65.4 Å². The zero-order valence-corrected chi connectivity index (χ0v) is 18.1. The molecule has 4 rings (SSSR count). The lowest BCUT2D eigenvalue weighted by Crippen LogP contribution is -2.51. The van der Waals surface area contributed by atoms with Crippen molar-refractivity contribution in [2.45, 2.75) is 12.8 Å². The van der Waals surface area contributed by atoms with Gasteiger partial charge in [0, 0.05) is 49.4 Å². The van der Waals surface area contributed by atoms with Gasteiger partial charge in [-0.25, -0.2) is 0 Å².